The molecule has 1 aliphatic heterocycles. The van der Waals surface area contributed by atoms with Crippen LogP contribution in [0.5, 0.6) is 0 Å². The number of fused-ring (bicyclic) bond motifs is 2. The molecule has 1 unspecified atom stereocenters. The minimum atomic E-state index is -0.727. The number of anilines is 1. The molecule has 4 aromatic rings. The summed E-state index contributed by atoms with van der Waals surface area (Å²) in [5.41, 5.74) is 2.86. The fourth-order valence-electron chi connectivity index (χ4n) is 4.18. The standard InChI is InChI=1S/C26H20N2O4/c1-16-11-12-21-19(13-16)24(17-7-3-2-4-8-17)28(15-23(29)27-21)25(30)20-14-18-9-5-6-10-22(18)32-26(20)31/h2-14,24H,15H2,1H3,(H,27,29). The average molecular weight is 424 g/mol. The first-order valence-electron chi connectivity index (χ1n) is 10.3. The Hall–Kier alpha value is -4.19. The lowest BCUT2D eigenvalue weighted by Crippen LogP contribution is -2.40. The zero-order valence-electron chi connectivity index (χ0n) is 17.4. The third kappa shape index (κ3) is 3.46. The van der Waals surface area contributed by atoms with Gasteiger partial charge in [-0.1, -0.05) is 66.2 Å². The highest BCUT2D eigenvalue weighted by molar-refractivity contribution is 6.02. The quantitative estimate of drug-likeness (QED) is 0.487. The van der Waals surface area contributed by atoms with E-state index in [2.05, 4.69) is 5.32 Å². The highest BCUT2D eigenvalue weighted by Crippen LogP contribution is 2.37. The van der Waals surface area contributed by atoms with Gasteiger partial charge in [-0.3, -0.25) is 9.59 Å². The van der Waals surface area contributed by atoms with Crippen molar-refractivity contribution in [3.05, 3.63) is 112 Å². The van der Waals surface area contributed by atoms with Gasteiger partial charge in [0.2, 0.25) is 5.91 Å². The topological polar surface area (TPSA) is 79.6 Å². The number of carbonyl (C=O) groups is 2. The van der Waals surface area contributed by atoms with Gasteiger partial charge in [-0.15, -0.1) is 0 Å². The molecule has 0 aliphatic carbocycles. The van der Waals surface area contributed by atoms with Gasteiger partial charge in [-0.25, -0.2) is 4.79 Å². The summed E-state index contributed by atoms with van der Waals surface area (Å²) < 4.78 is 5.39. The number of carbonyl (C=O) groups excluding carboxylic acids is 2. The Kier molecular flexibility index (Phi) is 4.82. The van der Waals surface area contributed by atoms with E-state index in [1.807, 2.05) is 61.5 Å². The van der Waals surface area contributed by atoms with Crippen molar-refractivity contribution >= 4 is 28.5 Å². The smallest absolute Gasteiger partial charge is 0.349 e. The van der Waals surface area contributed by atoms with Gasteiger partial charge in [-0.05, 0) is 30.7 Å². The Morgan fingerprint density at radius 2 is 1.72 bits per heavy atom. The molecule has 2 amide bonds. The molecule has 1 aliphatic rings. The van der Waals surface area contributed by atoms with E-state index in [1.54, 1.807) is 18.2 Å². The number of benzene rings is 3. The molecule has 0 saturated heterocycles. The van der Waals surface area contributed by atoms with Crippen molar-refractivity contribution in [3.63, 3.8) is 0 Å². The van der Waals surface area contributed by atoms with Crippen LogP contribution in [0.25, 0.3) is 11.0 Å². The summed E-state index contributed by atoms with van der Waals surface area (Å²) in [6.07, 6.45) is 0. The molecule has 0 fully saturated rings. The molecule has 2 heterocycles. The van der Waals surface area contributed by atoms with Crippen molar-refractivity contribution in [2.45, 2.75) is 13.0 Å². The van der Waals surface area contributed by atoms with Crippen molar-refractivity contribution in [1.82, 2.24) is 4.90 Å². The van der Waals surface area contributed by atoms with E-state index < -0.39 is 17.6 Å². The molecule has 0 saturated carbocycles. The van der Waals surface area contributed by atoms with Crippen LogP contribution in [0.3, 0.4) is 0 Å². The van der Waals surface area contributed by atoms with Crippen LogP contribution < -0.4 is 10.9 Å². The molecule has 0 bridgehead atoms. The molecular weight excluding hydrogens is 404 g/mol. The summed E-state index contributed by atoms with van der Waals surface area (Å²) in [7, 11) is 0. The predicted molar refractivity (Wildman–Crippen MR) is 122 cm³/mol. The van der Waals surface area contributed by atoms with E-state index in [4.69, 9.17) is 4.42 Å². The number of aryl methyl sites for hydroxylation is 1. The SMILES string of the molecule is Cc1ccc2c(c1)C(c1ccccc1)N(C(=O)c1cc3ccccc3oc1=O)CC(=O)N2. The van der Waals surface area contributed by atoms with Crippen LogP contribution in [0.1, 0.15) is 33.1 Å². The second-order valence-corrected chi connectivity index (χ2v) is 7.87. The zero-order valence-corrected chi connectivity index (χ0v) is 17.4. The average Bonchev–Trinajstić information content (AvgIpc) is 2.94. The van der Waals surface area contributed by atoms with Gasteiger partial charge in [0.05, 0.1) is 6.04 Å². The van der Waals surface area contributed by atoms with Crippen LogP contribution in [0, 0.1) is 6.92 Å². The maximum Gasteiger partial charge on any atom is 0.349 e. The molecule has 0 spiro atoms. The van der Waals surface area contributed by atoms with E-state index in [0.29, 0.717) is 16.7 Å². The normalized spacial score (nSPS) is 15.7. The van der Waals surface area contributed by atoms with E-state index >= 15 is 0 Å². The fraction of sp³-hybridized carbons (Fsp3) is 0.115. The van der Waals surface area contributed by atoms with Crippen LogP contribution >= 0.6 is 0 Å². The Labute approximate surface area is 184 Å². The van der Waals surface area contributed by atoms with Gasteiger partial charge in [0.15, 0.2) is 0 Å². The van der Waals surface area contributed by atoms with Crippen molar-refractivity contribution in [2.24, 2.45) is 0 Å². The number of hydrogen-bond acceptors (Lipinski definition) is 4. The van der Waals surface area contributed by atoms with Crippen LogP contribution in [0.2, 0.25) is 0 Å². The maximum absolute atomic E-state index is 13.7. The minimum absolute atomic E-state index is 0.103. The van der Waals surface area contributed by atoms with Crippen molar-refractivity contribution in [1.29, 1.82) is 0 Å². The first-order valence-corrected chi connectivity index (χ1v) is 10.3. The summed E-state index contributed by atoms with van der Waals surface area (Å²) in [5, 5.41) is 3.54. The highest BCUT2D eigenvalue weighted by Gasteiger charge is 2.35. The van der Waals surface area contributed by atoms with Crippen LogP contribution in [0.4, 0.5) is 5.69 Å². The molecule has 1 aromatic heterocycles. The maximum atomic E-state index is 13.7. The minimum Gasteiger partial charge on any atom is -0.422 e. The fourth-order valence-corrected chi connectivity index (χ4v) is 4.18. The van der Waals surface area contributed by atoms with Gasteiger partial charge in [0.1, 0.15) is 17.7 Å². The lowest BCUT2D eigenvalue weighted by atomic mass is 9.94. The number of rotatable bonds is 2. The van der Waals surface area contributed by atoms with E-state index in [0.717, 1.165) is 16.7 Å². The largest absolute Gasteiger partial charge is 0.422 e. The lowest BCUT2D eigenvalue weighted by molar-refractivity contribution is -0.117. The summed E-state index contributed by atoms with van der Waals surface area (Å²) in [4.78, 5) is 40.6. The van der Waals surface area contributed by atoms with Gasteiger partial charge in [0, 0.05) is 16.6 Å². The van der Waals surface area contributed by atoms with Gasteiger partial charge < -0.3 is 14.6 Å². The lowest BCUT2D eigenvalue weighted by Gasteiger charge is -2.30. The molecule has 3 aromatic carbocycles. The van der Waals surface area contributed by atoms with Gasteiger partial charge in [-0.2, -0.15) is 0 Å². The Morgan fingerprint density at radius 3 is 2.53 bits per heavy atom. The van der Waals surface area contributed by atoms with Crippen LogP contribution in [-0.4, -0.2) is 23.3 Å². The third-order valence-corrected chi connectivity index (χ3v) is 5.65. The summed E-state index contributed by atoms with van der Waals surface area (Å²) in [6.45, 7) is 1.76. The number of hydrogen-bond donors (Lipinski definition) is 1. The van der Waals surface area contributed by atoms with Crippen LogP contribution in [-0.2, 0) is 4.79 Å². The molecule has 1 N–H and O–H groups in total. The first kappa shape index (κ1) is 19.8. The summed E-state index contributed by atoms with van der Waals surface area (Å²) >= 11 is 0. The number of nitrogens with one attached hydrogen (secondary N) is 1. The first-order chi connectivity index (χ1) is 15.5. The Morgan fingerprint density at radius 1 is 0.969 bits per heavy atom. The zero-order chi connectivity index (χ0) is 22.2. The van der Waals surface area contributed by atoms with E-state index in [-0.39, 0.29) is 18.0 Å². The second kappa shape index (κ2) is 7.81. The molecule has 1 atom stereocenters. The third-order valence-electron chi connectivity index (χ3n) is 5.65. The molecule has 6 heteroatoms. The Bertz CT molecular complexity index is 1410. The van der Waals surface area contributed by atoms with Gasteiger partial charge >= 0.3 is 5.63 Å². The molecule has 158 valence electrons. The summed E-state index contributed by atoms with van der Waals surface area (Å²) in [5.74, 6) is -0.880. The summed E-state index contributed by atoms with van der Waals surface area (Å²) in [6, 6.07) is 23.2. The molecular formula is C26H20N2O4. The number of nitrogens with zero attached hydrogens (tertiary/aromatic N) is 1. The van der Waals surface area contributed by atoms with Crippen molar-refractivity contribution < 1.29 is 14.0 Å². The van der Waals surface area contributed by atoms with Crippen molar-refractivity contribution in [3.8, 4) is 0 Å². The van der Waals surface area contributed by atoms with Crippen LogP contribution in [0.15, 0.2) is 88.1 Å². The molecule has 0 radical (unpaired) electrons. The highest BCUT2D eigenvalue weighted by atomic mass is 16.4. The van der Waals surface area contributed by atoms with E-state index in [9.17, 15) is 14.4 Å². The number of para-hydroxylation sites is 1. The number of amides is 2. The molecule has 5 rings (SSSR count). The monoisotopic (exact) mass is 424 g/mol. The second-order valence-electron chi connectivity index (χ2n) is 7.87. The predicted octanol–water partition coefficient (Wildman–Crippen LogP) is 4.29. The van der Waals surface area contributed by atoms with Gasteiger partial charge in [0.25, 0.3) is 5.91 Å². The van der Waals surface area contributed by atoms with E-state index in [1.165, 1.54) is 11.0 Å². The van der Waals surface area contributed by atoms with Crippen molar-refractivity contribution in [2.75, 3.05) is 11.9 Å². The molecule has 32 heavy (non-hydrogen) atoms. The molecule has 6 nitrogen and oxygen atoms in total. The Balaban J connectivity index is 1.70.